The summed E-state index contributed by atoms with van der Waals surface area (Å²) < 4.78 is 20.2. The summed E-state index contributed by atoms with van der Waals surface area (Å²) in [6.45, 7) is 20.3. The van der Waals surface area contributed by atoms with Gasteiger partial charge in [-0.25, -0.2) is 4.79 Å². The zero-order chi connectivity index (χ0) is 30.0. The first-order valence-electron chi connectivity index (χ1n) is 13.5. The van der Waals surface area contributed by atoms with E-state index in [0.717, 1.165) is 0 Å². The maximum Gasteiger partial charge on any atom is 0.408 e. The Hall–Kier alpha value is -0.695. The fourth-order valence-corrected chi connectivity index (χ4v) is 8.68. The van der Waals surface area contributed by atoms with E-state index in [4.69, 9.17) is 21.8 Å². The predicted molar refractivity (Wildman–Crippen MR) is 164 cm³/mol. The molecule has 1 aliphatic heterocycles. The molecule has 222 valence electrons. The number of amides is 2. The Balaban J connectivity index is 2.93. The molecule has 2 amide bonds. The number of nitriles is 1. The molecule has 0 aromatic rings. The van der Waals surface area contributed by atoms with Crippen LogP contribution in [0.25, 0.3) is 0 Å². The summed E-state index contributed by atoms with van der Waals surface area (Å²) in [4.78, 5) is 25.7. The third kappa shape index (κ3) is 14.7. The van der Waals surface area contributed by atoms with Crippen molar-refractivity contribution in [1.82, 2.24) is 15.3 Å². The van der Waals surface area contributed by atoms with Gasteiger partial charge in [-0.3, -0.25) is 9.46 Å². The molecule has 0 aromatic carbocycles. The fraction of sp³-hybridized carbons (Fsp3) is 0.885. The molecule has 0 aliphatic carbocycles. The highest BCUT2D eigenvalue weighted by Crippen LogP contribution is 2.48. The highest BCUT2D eigenvalue weighted by molar-refractivity contribution is 8.77. The summed E-state index contributed by atoms with van der Waals surface area (Å²) in [6, 6.07) is 1.42. The summed E-state index contributed by atoms with van der Waals surface area (Å²) >= 11 is 0. The molecule has 0 saturated carbocycles. The zero-order valence-corrected chi connectivity index (χ0v) is 27.8. The van der Waals surface area contributed by atoms with Crippen LogP contribution in [0.3, 0.4) is 0 Å². The third-order valence-corrected chi connectivity index (χ3v) is 11.2. The average molecular weight is 603 g/mol. The van der Waals surface area contributed by atoms with E-state index >= 15 is 0 Å². The number of hydrogen-bond donors (Lipinski definition) is 2. The minimum Gasteiger partial charge on any atom is -0.444 e. The maximum atomic E-state index is 13.2. The zero-order valence-electron chi connectivity index (χ0n) is 25.3. The molecule has 2 N–H and O–H groups in total. The number of rotatable bonds is 14. The van der Waals surface area contributed by atoms with Crippen LogP contribution in [-0.2, 0) is 18.8 Å². The van der Waals surface area contributed by atoms with Crippen LogP contribution in [0, 0.1) is 11.3 Å². The summed E-state index contributed by atoms with van der Waals surface area (Å²) in [5.74, 6) is 0.0400. The molecule has 1 aliphatic rings. The van der Waals surface area contributed by atoms with E-state index in [1.807, 2.05) is 0 Å². The molecule has 2 radical (unpaired) electrons. The van der Waals surface area contributed by atoms with Crippen LogP contribution >= 0.6 is 29.9 Å². The van der Waals surface area contributed by atoms with Gasteiger partial charge >= 0.3 is 6.09 Å². The lowest BCUT2D eigenvalue weighted by molar-refractivity contribution is -0.123. The van der Waals surface area contributed by atoms with Crippen LogP contribution in [-0.4, -0.2) is 89.7 Å². The first-order chi connectivity index (χ1) is 17.9. The van der Waals surface area contributed by atoms with Crippen LogP contribution in [0.1, 0.15) is 82.1 Å². The van der Waals surface area contributed by atoms with E-state index in [1.165, 1.54) is 10.8 Å². The summed E-state index contributed by atoms with van der Waals surface area (Å²) in [5, 5.41) is 14.9. The molecule has 1 heterocycles. The van der Waals surface area contributed by atoms with Crippen molar-refractivity contribution < 1.29 is 23.6 Å². The van der Waals surface area contributed by atoms with Crippen molar-refractivity contribution in [1.29, 1.82) is 5.26 Å². The Bertz CT molecular complexity index is 812. The van der Waals surface area contributed by atoms with E-state index in [2.05, 4.69) is 69.8 Å². The van der Waals surface area contributed by atoms with E-state index in [-0.39, 0.29) is 35.4 Å². The SMILES string of the molecule is [B]C1CC(OP(CCC#N)N(C(C)C)C(C)C)C(CNC(=O)C(CSSC(C)(C)C)NC(=O)OC(C)(C)C)O1. The maximum absolute atomic E-state index is 13.2. The second kappa shape index (κ2) is 16.7. The van der Waals surface area contributed by atoms with Crippen LogP contribution < -0.4 is 10.6 Å². The molecular weight excluding hydrogens is 554 g/mol. The van der Waals surface area contributed by atoms with Crippen LogP contribution in [0.2, 0.25) is 0 Å². The van der Waals surface area contributed by atoms with Crippen LogP contribution in [0.4, 0.5) is 4.79 Å². The normalized spacial score (nSPS) is 21.6. The first-order valence-corrected chi connectivity index (χ1v) is 17.2. The summed E-state index contributed by atoms with van der Waals surface area (Å²) in [5.41, 5.74) is -0.680. The standard InChI is InChI=1S/C26H48BN4O5PS2/c1-17(2)31(18(3)4)37(13-11-12-28)36-20-14-22(27)34-21(20)15-29-23(32)19(16-38-39-26(8,9)10)30-24(33)35-25(5,6)7/h17-22H,11,13-16H2,1-10H3,(H,29,32)(H,30,33). The van der Waals surface area contributed by atoms with Gasteiger partial charge in [-0.05, 0) is 54.9 Å². The van der Waals surface area contributed by atoms with Gasteiger partial charge in [-0.15, -0.1) is 0 Å². The first kappa shape index (κ1) is 36.3. The van der Waals surface area contributed by atoms with Gasteiger partial charge in [0.1, 0.15) is 33.9 Å². The Morgan fingerprint density at radius 1 is 1.18 bits per heavy atom. The van der Waals surface area contributed by atoms with Gasteiger partial charge < -0.3 is 24.6 Å². The Morgan fingerprint density at radius 2 is 1.79 bits per heavy atom. The molecule has 0 aromatic heterocycles. The third-order valence-electron chi connectivity index (χ3n) is 5.25. The van der Waals surface area contributed by atoms with Gasteiger partial charge in [-0.1, -0.05) is 42.4 Å². The number of alkyl carbamates (subject to hydrolysis) is 1. The van der Waals surface area contributed by atoms with Crippen molar-refractivity contribution in [2.24, 2.45) is 0 Å². The number of carbonyl (C=O) groups excluding carboxylic acids is 2. The molecule has 1 saturated heterocycles. The van der Waals surface area contributed by atoms with E-state index in [0.29, 0.717) is 24.8 Å². The molecule has 5 unspecified atom stereocenters. The van der Waals surface area contributed by atoms with Gasteiger partial charge in [0, 0.05) is 47.7 Å². The van der Waals surface area contributed by atoms with Gasteiger partial charge in [-0.2, -0.15) is 5.26 Å². The highest BCUT2D eigenvalue weighted by atomic mass is 33.1. The van der Waals surface area contributed by atoms with E-state index < -0.39 is 38.1 Å². The van der Waals surface area contributed by atoms with Gasteiger partial charge in [0.25, 0.3) is 0 Å². The molecule has 1 fully saturated rings. The van der Waals surface area contributed by atoms with Crippen molar-refractivity contribution >= 4 is 49.7 Å². The predicted octanol–water partition coefficient (Wildman–Crippen LogP) is 5.19. The Morgan fingerprint density at radius 3 is 2.31 bits per heavy atom. The smallest absolute Gasteiger partial charge is 0.408 e. The monoisotopic (exact) mass is 602 g/mol. The molecule has 0 bridgehead atoms. The summed E-state index contributed by atoms with van der Waals surface area (Å²) in [7, 11) is 8.23. The number of carbonyl (C=O) groups is 2. The lowest BCUT2D eigenvalue weighted by atomic mass is 9.96. The fourth-order valence-electron chi connectivity index (χ4n) is 3.91. The van der Waals surface area contributed by atoms with Crippen molar-refractivity contribution in [3.05, 3.63) is 0 Å². The molecule has 1 rings (SSSR count). The quantitative estimate of drug-likeness (QED) is 0.158. The van der Waals surface area contributed by atoms with Crippen molar-refractivity contribution in [2.45, 2.75) is 129 Å². The number of nitrogens with zero attached hydrogens (tertiary/aromatic N) is 2. The second-order valence-corrected chi connectivity index (χ2v) is 17.1. The molecule has 39 heavy (non-hydrogen) atoms. The number of ether oxygens (including phenoxy) is 2. The minimum absolute atomic E-state index is 0.000244. The molecule has 9 nitrogen and oxygen atoms in total. The lowest BCUT2D eigenvalue weighted by Crippen LogP contribution is -2.51. The Labute approximate surface area is 246 Å². The Kier molecular flexibility index (Phi) is 15.5. The average Bonchev–Trinajstić information content (AvgIpc) is 3.11. The van der Waals surface area contributed by atoms with E-state index in [1.54, 1.807) is 31.6 Å². The van der Waals surface area contributed by atoms with Gasteiger partial charge in [0.05, 0.1) is 12.2 Å². The largest absolute Gasteiger partial charge is 0.444 e. The lowest BCUT2D eigenvalue weighted by Gasteiger charge is -2.38. The molecular formula is C26H48BN4O5PS2. The summed E-state index contributed by atoms with van der Waals surface area (Å²) in [6.07, 6.45) is 0.0926. The van der Waals surface area contributed by atoms with Crippen LogP contribution in [0.5, 0.6) is 0 Å². The molecule has 13 heteroatoms. The van der Waals surface area contributed by atoms with Crippen LogP contribution in [0.15, 0.2) is 0 Å². The molecule has 5 atom stereocenters. The van der Waals surface area contributed by atoms with Gasteiger partial charge in [0.15, 0.2) is 0 Å². The van der Waals surface area contributed by atoms with E-state index in [9.17, 15) is 14.9 Å². The number of hydrogen-bond acceptors (Lipinski definition) is 9. The van der Waals surface area contributed by atoms with Crippen molar-refractivity contribution in [3.8, 4) is 6.07 Å². The van der Waals surface area contributed by atoms with Crippen molar-refractivity contribution in [3.63, 3.8) is 0 Å². The van der Waals surface area contributed by atoms with Crippen molar-refractivity contribution in [2.75, 3.05) is 18.5 Å². The minimum atomic E-state index is -1.07. The highest BCUT2D eigenvalue weighted by Gasteiger charge is 2.38. The number of nitrogens with one attached hydrogen (secondary N) is 2. The second-order valence-electron chi connectivity index (χ2n) is 12.1. The topological polar surface area (TPSA) is 113 Å². The molecule has 0 spiro atoms. The van der Waals surface area contributed by atoms with Gasteiger partial charge in [0.2, 0.25) is 5.91 Å².